The molecule has 0 fully saturated rings. The van der Waals surface area contributed by atoms with Gasteiger partial charge in [-0.05, 0) is 0 Å². The fourth-order valence-corrected chi connectivity index (χ4v) is 0. The Morgan fingerprint density at radius 2 is 1.00 bits per heavy atom. The Morgan fingerprint density at radius 1 is 0.900 bits per heavy atom. The lowest BCUT2D eigenvalue weighted by atomic mass is 10.8. The first-order valence-electron chi connectivity index (χ1n) is 1.08. The molecular formula is C3H23IN6. The van der Waals surface area contributed by atoms with E-state index in [1.165, 1.54) is 0 Å². The molecule has 0 aliphatic heterocycles. The van der Waals surface area contributed by atoms with Gasteiger partial charge in [0, 0.05) is 4.43 Å². The molecule has 6 nitrogen and oxygen atoms in total. The van der Waals surface area contributed by atoms with Gasteiger partial charge in [-0.3, -0.25) is 0 Å². The van der Waals surface area contributed by atoms with Crippen LogP contribution >= 0.6 is 22.6 Å². The number of allylic oxidation sites excluding steroid dienone is 1. The van der Waals surface area contributed by atoms with Gasteiger partial charge in [0.2, 0.25) is 0 Å². The van der Waals surface area contributed by atoms with Crippen molar-refractivity contribution in [3.8, 4) is 0 Å². The average molecular weight is 270 g/mol. The van der Waals surface area contributed by atoms with Crippen LogP contribution in [0.3, 0.4) is 0 Å². The quantitative estimate of drug-likeness (QED) is 0.239. The third kappa shape index (κ3) is 284. The molecule has 0 saturated carbocycles. The lowest BCUT2D eigenvalue weighted by Crippen LogP contribution is -1.43. The molecule has 0 saturated heterocycles. The third-order valence-corrected chi connectivity index (χ3v) is 0.732. The Morgan fingerprint density at radius 3 is 1.00 bits per heavy atom. The van der Waals surface area contributed by atoms with Crippen LogP contribution in [0.25, 0.3) is 0 Å². The van der Waals surface area contributed by atoms with Gasteiger partial charge in [0.25, 0.3) is 0 Å². The highest BCUT2D eigenvalue weighted by atomic mass is 127. The zero-order chi connectivity index (χ0) is 3.41. The van der Waals surface area contributed by atoms with Crippen molar-refractivity contribution >= 4 is 22.6 Å². The van der Waals surface area contributed by atoms with Gasteiger partial charge in [-0.2, -0.15) is 0 Å². The predicted molar refractivity (Wildman–Crippen MR) is 59.2 cm³/mol. The van der Waals surface area contributed by atoms with E-state index >= 15 is 0 Å². The van der Waals surface area contributed by atoms with Crippen molar-refractivity contribution in [2.75, 3.05) is 4.43 Å². The van der Waals surface area contributed by atoms with Gasteiger partial charge in [0.1, 0.15) is 0 Å². The molecule has 0 atom stereocenters. The topological polar surface area (TPSA) is 210 Å². The van der Waals surface area contributed by atoms with E-state index < -0.39 is 0 Å². The highest BCUT2D eigenvalue weighted by Gasteiger charge is 1.47. The molecule has 0 aromatic heterocycles. The summed E-state index contributed by atoms with van der Waals surface area (Å²) in [5.74, 6) is 0. The molecule has 0 spiro atoms. The second kappa shape index (κ2) is 126. The van der Waals surface area contributed by atoms with E-state index in [9.17, 15) is 0 Å². The van der Waals surface area contributed by atoms with E-state index in [1.807, 2.05) is 6.08 Å². The summed E-state index contributed by atoms with van der Waals surface area (Å²) in [6.07, 6.45) is 1.86. The summed E-state index contributed by atoms with van der Waals surface area (Å²) in [7, 11) is 0. The van der Waals surface area contributed by atoms with Gasteiger partial charge in [-0.1, -0.05) is 28.7 Å². The van der Waals surface area contributed by atoms with Crippen LogP contribution in [0.4, 0.5) is 0 Å². The monoisotopic (exact) mass is 270 g/mol. The highest BCUT2D eigenvalue weighted by molar-refractivity contribution is 14.1. The molecule has 0 aliphatic rings. The molecule has 0 rings (SSSR count). The average Bonchev–Trinajstić information content (AvgIpc) is 1.37. The second-order valence-electron chi connectivity index (χ2n) is 0.443. The summed E-state index contributed by atoms with van der Waals surface area (Å²) in [4.78, 5) is 0. The van der Waals surface area contributed by atoms with Crippen LogP contribution in [-0.2, 0) is 0 Å². The van der Waals surface area contributed by atoms with Crippen molar-refractivity contribution in [3.05, 3.63) is 12.7 Å². The van der Waals surface area contributed by atoms with Crippen LogP contribution in [0.1, 0.15) is 0 Å². The smallest absolute Gasteiger partial charge is 0.0173 e. The molecule has 0 amide bonds. The number of hydrogen-bond donors (Lipinski definition) is 6. The summed E-state index contributed by atoms with van der Waals surface area (Å²) in [5, 5.41) is 0. The van der Waals surface area contributed by atoms with E-state index in [-0.39, 0.29) is 36.9 Å². The summed E-state index contributed by atoms with van der Waals surface area (Å²) in [6.45, 7) is 3.47. The molecular weight excluding hydrogens is 247 g/mol. The Kier molecular flexibility index (Phi) is 1050. The summed E-state index contributed by atoms with van der Waals surface area (Å²) >= 11 is 2.23. The molecule has 0 radical (unpaired) electrons. The van der Waals surface area contributed by atoms with E-state index in [1.54, 1.807) is 0 Å². The zero-order valence-corrected chi connectivity index (χ0v) is 8.77. The first-order chi connectivity index (χ1) is 1.91. The molecule has 0 unspecified atom stereocenters. The second-order valence-corrected chi connectivity index (χ2v) is 1.32. The molecule has 0 aromatic rings. The van der Waals surface area contributed by atoms with Gasteiger partial charge < -0.3 is 36.9 Å². The maximum absolute atomic E-state index is 3.47. The van der Waals surface area contributed by atoms with Gasteiger partial charge in [0.05, 0.1) is 0 Å². The normalized spacial score (nSPS) is 2.50. The van der Waals surface area contributed by atoms with Crippen LogP contribution in [-0.4, -0.2) is 4.43 Å². The van der Waals surface area contributed by atoms with Crippen LogP contribution in [0.2, 0.25) is 0 Å². The number of halogens is 1. The van der Waals surface area contributed by atoms with Crippen molar-refractivity contribution in [1.82, 2.24) is 36.9 Å². The minimum atomic E-state index is 0. The lowest BCUT2D eigenvalue weighted by Gasteiger charge is -1.55. The molecule has 18 N–H and O–H groups in total. The fourth-order valence-electron chi connectivity index (χ4n) is 0. The van der Waals surface area contributed by atoms with Crippen LogP contribution in [0.5, 0.6) is 0 Å². The molecule has 10 heavy (non-hydrogen) atoms. The number of hydrogen-bond acceptors (Lipinski definition) is 6. The lowest BCUT2D eigenvalue weighted by molar-refractivity contribution is 1.90. The summed E-state index contributed by atoms with van der Waals surface area (Å²) in [5.41, 5.74) is 0. The van der Waals surface area contributed by atoms with Crippen molar-refractivity contribution in [3.63, 3.8) is 0 Å². The Balaban J connectivity index is -0.00000000300. The Hall–Kier alpha value is 0.230. The van der Waals surface area contributed by atoms with Crippen LogP contribution < -0.4 is 36.9 Å². The zero-order valence-electron chi connectivity index (χ0n) is 6.61. The molecule has 0 bridgehead atoms. The predicted octanol–water partition coefficient (Wildman–Crippen LogP) is 2.58. The molecule has 0 aromatic carbocycles. The van der Waals surface area contributed by atoms with Crippen LogP contribution in [0, 0.1) is 0 Å². The third-order valence-electron chi connectivity index (χ3n) is 0.109. The van der Waals surface area contributed by atoms with Crippen molar-refractivity contribution in [1.29, 1.82) is 0 Å². The van der Waals surface area contributed by atoms with Crippen molar-refractivity contribution < 1.29 is 0 Å². The fraction of sp³-hybridized carbons (Fsp3) is 0.333. The van der Waals surface area contributed by atoms with E-state index in [0.717, 1.165) is 4.43 Å². The first-order valence-corrected chi connectivity index (χ1v) is 2.61. The van der Waals surface area contributed by atoms with Crippen LogP contribution in [0.15, 0.2) is 12.7 Å². The highest BCUT2D eigenvalue weighted by Crippen LogP contribution is 1.75. The first kappa shape index (κ1) is 83.5. The van der Waals surface area contributed by atoms with Crippen molar-refractivity contribution in [2.24, 2.45) is 0 Å². The van der Waals surface area contributed by atoms with Crippen molar-refractivity contribution in [2.45, 2.75) is 0 Å². The molecule has 0 heterocycles. The van der Waals surface area contributed by atoms with Gasteiger partial charge >= 0.3 is 0 Å². The standard InChI is InChI=1S/C3H5I.6H3N/c1-2-3-4;;;;;;/h2H,1,3H2;6*1H3. The summed E-state index contributed by atoms with van der Waals surface area (Å²) in [6, 6.07) is 0. The van der Waals surface area contributed by atoms with E-state index in [0.29, 0.717) is 0 Å². The maximum Gasteiger partial charge on any atom is 0.0173 e. The maximum atomic E-state index is 3.47. The number of rotatable bonds is 1. The van der Waals surface area contributed by atoms with Gasteiger partial charge in [-0.15, -0.1) is 6.58 Å². The minimum absolute atomic E-state index is 0. The van der Waals surface area contributed by atoms with E-state index in [2.05, 4.69) is 29.2 Å². The summed E-state index contributed by atoms with van der Waals surface area (Å²) < 4.78 is 1.05. The van der Waals surface area contributed by atoms with Gasteiger partial charge in [-0.25, -0.2) is 0 Å². The Bertz CT molecular complexity index is 27.0. The SMILES string of the molecule is C=CCI.N.N.N.N.N.N. The molecule has 7 heteroatoms. The molecule has 0 aliphatic carbocycles. The van der Waals surface area contributed by atoms with E-state index in [4.69, 9.17) is 0 Å². The molecule has 72 valence electrons. The minimum Gasteiger partial charge on any atom is -0.344 e. The Labute approximate surface area is 76.9 Å². The largest absolute Gasteiger partial charge is 0.344 e. The van der Waals surface area contributed by atoms with Gasteiger partial charge in [0.15, 0.2) is 0 Å². The number of alkyl halides is 1.